The molecule has 20 heavy (non-hydrogen) atoms. The lowest BCUT2D eigenvalue weighted by atomic mass is 9.89. The molecular weight excluding hydrogens is 251 g/mol. The highest BCUT2D eigenvalue weighted by Crippen LogP contribution is 2.17. The molecule has 1 heterocycles. The molecule has 0 atom stereocenters. The molecule has 0 aromatic heterocycles. The molecular formula is C15H15BN2O2. The van der Waals surface area contributed by atoms with Crippen LogP contribution in [0.2, 0.25) is 0 Å². The molecule has 1 aliphatic heterocycles. The Labute approximate surface area is 119 Å². The molecule has 0 unspecified atom stereocenters. The molecule has 2 aromatic carbocycles. The van der Waals surface area contributed by atoms with Crippen LogP contribution in [0.1, 0.15) is 0 Å². The quantitative estimate of drug-likeness (QED) is 0.840. The first-order chi connectivity index (χ1) is 9.75. The van der Waals surface area contributed by atoms with Gasteiger partial charge in [0.25, 0.3) is 0 Å². The van der Waals surface area contributed by atoms with Gasteiger partial charge in [-0.3, -0.25) is 0 Å². The number of rotatable bonds is 4. The van der Waals surface area contributed by atoms with Crippen molar-refractivity contribution in [3.63, 3.8) is 0 Å². The van der Waals surface area contributed by atoms with Gasteiger partial charge < -0.3 is 15.0 Å². The molecule has 4 nitrogen and oxygen atoms in total. The van der Waals surface area contributed by atoms with E-state index in [0.29, 0.717) is 30.9 Å². The van der Waals surface area contributed by atoms with E-state index in [4.69, 9.17) is 12.6 Å². The maximum absolute atomic E-state index is 11.4. The van der Waals surface area contributed by atoms with Gasteiger partial charge in [0.1, 0.15) is 20.2 Å². The predicted octanol–water partition coefficient (Wildman–Crippen LogP) is 1.04. The van der Waals surface area contributed by atoms with Crippen LogP contribution in [0, 0.1) is 0 Å². The lowest BCUT2D eigenvalue weighted by Crippen LogP contribution is -2.32. The van der Waals surface area contributed by atoms with Crippen molar-refractivity contribution in [2.45, 2.75) is 0 Å². The van der Waals surface area contributed by atoms with E-state index in [9.17, 15) is 4.79 Å². The second kappa shape index (κ2) is 5.45. The van der Waals surface area contributed by atoms with Crippen LogP contribution in [0.5, 0.6) is 5.75 Å². The highest BCUT2D eigenvalue weighted by atomic mass is 16.5. The molecule has 1 aliphatic rings. The van der Waals surface area contributed by atoms with Crippen LogP contribution in [0.4, 0.5) is 4.79 Å². The minimum Gasteiger partial charge on any atom is -0.492 e. The molecule has 2 amide bonds. The Morgan fingerprint density at radius 2 is 2.10 bits per heavy atom. The zero-order valence-electron chi connectivity index (χ0n) is 11.1. The number of urea groups is 1. The SMILES string of the molecule is [B]c1c(OCCN2CCNC2=O)ccc2ccccc12. The summed E-state index contributed by atoms with van der Waals surface area (Å²) in [5, 5.41) is 4.84. The lowest BCUT2D eigenvalue weighted by Gasteiger charge is -2.16. The normalized spacial score (nSPS) is 14.6. The van der Waals surface area contributed by atoms with Crippen LogP contribution < -0.4 is 15.5 Å². The van der Waals surface area contributed by atoms with E-state index in [-0.39, 0.29) is 6.03 Å². The van der Waals surface area contributed by atoms with E-state index < -0.39 is 0 Å². The summed E-state index contributed by atoms with van der Waals surface area (Å²) in [6.07, 6.45) is 0. The molecule has 5 heteroatoms. The van der Waals surface area contributed by atoms with Crippen molar-refractivity contribution in [1.82, 2.24) is 10.2 Å². The number of amides is 2. The second-order valence-electron chi connectivity index (χ2n) is 4.77. The number of hydrogen-bond donors (Lipinski definition) is 1. The highest BCUT2D eigenvalue weighted by molar-refractivity contribution is 6.40. The number of ether oxygens (including phenoxy) is 1. The fourth-order valence-electron chi connectivity index (χ4n) is 2.39. The molecule has 2 aromatic rings. The van der Waals surface area contributed by atoms with Crippen LogP contribution in [0.25, 0.3) is 10.8 Å². The number of fused-ring (bicyclic) bond motifs is 1. The maximum atomic E-state index is 11.4. The summed E-state index contributed by atoms with van der Waals surface area (Å²) in [7, 11) is 6.12. The van der Waals surface area contributed by atoms with Gasteiger partial charge in [-0.1, -0.05) is 30.3 Å². The summed E-state index contributed by atoms with van der Waals surface area (Å²) < 4.78 is 5.71. The van der Waals surface area contributed by atoms with Gasteiger partial charge in [0, 0.05) is 13.1 Å². The number of carbonyl (C=O) groups is 1. The monoisotopic (exact) mass is 266 g/mol. The third kappa shape index (κ3) is 2.43. The van der Waals surface area contributed by atoms with Gasteiger partial charge in [0.2, 0.25) is 0 Å². The minimum atomic E-state index is -0.0277. The van der Waals surface area contributed by atoms with E-state index in [0.717, 1.165) is 17.3 Å². The van der Waals surface area contributed by atoms with Crippen LogP contribution in [0.3, 0.4) is 0 Å². The first-order valence-corrected chi connectivity index (χ1v) is 6.68. The summed E-state index contributed by atoms with van der Waals surface area (Å²) in [5.74, 6) is 0.670. The largest absolute Gasteiger partial charge is 0.492 e. The number of hydrogen-bond acceptors (Lipinski definition) is 2. The lowest BCUT2D eigenvalue weighted by molar-refractivity contribution is 0.203. The van der Waals surface area contributed by atoms with Crippen molar-refractivity contribution in [2.75, 3.05) is 26.2 Å². The Hall–Kier alpha value is -2.17. The molecule has 0 spiro atoms. The highest BCUT2D eigenvalue weighted by Gasteiger charge is 2.18. The maximum Gasteiger partial charge on any atom is 0.317 e. The van der Waals surface area contributed by atoms with E-state index in [1.54, 1.807) is 4.90 Å². The first-order valence-electron chi connectivity index (χ1n) is 6.68. The minimum absolute atomic E-state index is 0.0277. The Morgan fingerprint density at radius 1 is 1.25 bits per heavy atom. The molecule has 1 fully saturated rings. The molecule has 3 rings (SSSR count). The number of benzene rings is 2. The van der Waals surface area contributed by atoms with E-state index in [1.165, 1.54) is 0 Å². The molecule has 2 radical (unpaired) electrons. The van der Waals surface area contributed by atoms with Crippen LogP contribution in [-0.2, 0) is 0 Å². The van der Waals surface area contributed by atoms with E-state index >= 15 is 0 Å². The van der Waals surface area contributed by atoms with Crippen molar-refractivity contribution >= 4 is 30.1 Å². The van der Waals surface area contributed by atoms with Crippen LogP contribution >= 0.6 is 0 Å². The first kappa shape index (κ1) is 12.8. The standard InChI is InChI=1S/C15H15BN2O2/c16-14-12-4-2-1-3-11(12)5-6-13(14)20-10-9-18-8-7-17-15(18)19/h1-6H,7-10H2,(H,17,19). The number of nitrogens with zero attached hydrogens (tertiary/aromatic N) is 1. The van der Waals surface area contributed by atoms with E-state index in [2.05, 4.69) is 5.32 Å². The third-order valence-corrected chi connectivity index (χ3v) is 3.49. The Morgan fingerprint density at radius 3 is 2.90 bits per heavy atom. The summed E-state index contributed by atoms with van der Waals surface area (Å²) in [6.45, 7) is 2.44. The van der Waals surface area contributed by atoms with Crippen molar-refractivity contribution in [3.05, 3.63) is 36.4 Å². The van der Waals surface area contributed by atoms with Crippen molar-refractivity contribution in [3.8, 4) is 5.75 Å². The molecule has 100 valence electrons. The van der Waals surface area contributed by atoms with Gasteiger partial charge in [0.05, 0.1) is 6.54 Å². The number of nitrogens with one attached hydrogen (secondary N) is 1. The smallest absolute Gasteiger partial charge is 0.317 e. The topological polar surface area (TPSA) is 41.6 Å². The summed E-state index contributed by atoms with van der Waals surface area (Å²) in [6, 6.07) is 11.8. The number of carbonyl (C=O) groups excluding carboxylic acids is 1. The van der Waals surface area contributed by atoms with Gasteiger partial charge in [-0.05, 0) is 22.3 Å². The summed E-state index contributed by atoms with van der Waals surface area (Å²) in [4.78, 5) is 13.1. The second-order valence-corrected chi connectivity index (χ2v) is 4.77. The Kier molecular flexibility index (Phi) is 3.50. The van der Waals surface area contributed by atoms with Crippen molar-refractivity contribution in [1.29, 1.82) is 0 Å². The average Bonchev–Trinajstić information content (AvgIpc) is 2.87. The van der Waals surface area contributed by atoms with Gasteiger partial charge in [0.15, 0.2) is 0 Å². The van der Waals surface area contributed by atoms with Gasteiger partial charge in [-0.2, -0.15) is 0 Å². The Balaban J connectivity index is 1.68. The summed E-state index contributed by atoms with van der Waals surface area (Å²) in [5.41, 5.74) is 0.647. The summed E-state index contributed by atoms with van der Waals surface area (Å²) >= 11 is 0. The predicted molar refractivity (Wildman–Crippen MR) is 79.8 cm³/mol. The fourth-order valence-corrected chi connectivity index (χ4v) is 2.39. The zero-order chi connectivity index (χ0) is 13.9. The van der Waals surface area contributed by atoms with E-state index in [1.807, 2.05) is 36.4 Å². The zero-order valence-corrected chi connectivity index (χ0v) is 11.1. The van der Waals surface area contributed by atoms with Gasteiger partial charge in [-0.25, -0.2) is 4.79 Å². The van der Waals surface area contributed by atoms with Gasteiger partial charge >= 0.3 is 6.03 Å². The molecule has 1 saturated heterocycles. The van der Waals surface area contributed by atoms with Crippen molar-refractivity contribution in [2.24, 2.45) is 0 Å². The van der Waals surface area contributed by atoms with Crippen molar-refractivity contribution < 1.29 is 9.53 Å². The fraction of sp³-hybridized carbons (Fsp3) is 0.267. The Bertz CT molecular complexity index is 645. The van der Waals surface area contributed by atoms with Crippen LogP contribution in [0.15, 0.2) is 36.4 Å². The van der Waals surface area contributed by atoms with Gasteiger partial charge in [-0.15, -0.1) is 0 Å². The molecule has 1 N–H and O–H groups in total. The molecule has 0 bridgehead atoms. The average molecular weight is 266 g/mol. The molecule has 0 saturated carbocycles. The third-order valence-electron chi connectivity index (χ3n) is 3.49. The van der Waals surface area contributed by atoms with Crippen LogP contribution in [-0.4, -0.2) is 45.0 Å². The molecule has 0 aliphatic carbocycles.